The molecule has 15 heavy (non-hydrogen) atoms. The molecule has 82 valence electrons. The van der Waals surface area contributed by atoms with Gasteiger partial charge in [-0.1, -0.05) is 0 Å². The van der Waals surface area contributed by atoms with Crippen LogP contribution in [0.25, 0.3) is 0 Å². The number of nitrogen functional groups attached to an aromatic ring is 1. The summed E-state index contributed by atoms with van der Waals surface area (Å²) in [6, 6.07) is 3.60. The minimum absolute atomic E-state index is 0.120. The zero-order valence-corrected chi connectivity index (χ0v) is 8.33. The maximum Gasteiger partial charge on any atom is 0.251 e. The van der Waals surface area contributed by atoms with Gasteiger partial charge in [-0.15, -0.1) is 0 Å². The third-order valence-corrected chi connectivity index (χ3v) is 1.74. The molecule has 1 aromatic rings. The van der Waals surface area contributed by atoms with E-state index in [1.54, 1.807) is 6.92 Å². The predicted molar refractivity (Wildman–Crippen MR) is 54.8 cm³/mol. The zero-order valence-electron chi connectivity index (χ0n) is 8.33. The van der Waals surface area contributed by atoms with Crippen LogP contribution in [0.5, 0.6) is 0 Å². The minimum Gasteiger partial charge on any atom is -0.399 e. The molecule has 0 radical (unpaired) electrons. The van der Waals surface area contributed by atoms with Crippen LogP contribution in [-0.2, 0) is 0 Å². The van der Waals surface area contributed by atoms with Gasteiger partial charge in [0.25, 0.3) is 5.91 Å². The Labute approximate surface area is 86.9 Å². The average molecular weight is 212 g/mol. The van der Waals surface area contributed by atoms with E-state index in [9.17, 15) is 9.18 Å². The lowest BCUT2D eigenvalue weighted by molar-refractivity contribution is 0.0923. The molecule has 1 atom stereocenters. The standard InChI is InChI=1S/C10H13FN2O2/c1-6(14)5-13-10(15)7-2-8(11)4-9(12)3-7/h2-4,6,14H,5,12H2,1H3,(H,13,15). The Kier molecular flexibility index (Phi) is 3.62. The summed E-state index contributed by atoms with van der Waals surface area (Å²) >= 11 is 0. The third-order valence-electron chi connectivity index (χ3n) is 1.74. The molecule has 1 rings (SSSR count). The topological polar surface area (TPSA) is 75.3 Å². The molecule has 0 aliphatic rings. The van der Waals surface area contributed by atoms with E-state index in [1.165, 1.54) is 6.07 Å². The molecule has 0 aromatic heterocycles. The number of anilines is 1. The summed E-state index contributed by atoms with van der Waals surface area (Å²) in [6.07, 6.45) is -0.639. The summed E-state index contributed by atoms with van der Waals surface area (Å²) in [7, 11) is 0. The van der Waals surface area contributed by atoms with Crippen molar-refractivity contribution in [1.29, 1.82) is 0 Å². The third kappa shape index (κ3) is 3.55. The second kappa shape index (κ2) is 4.75. The van der Waals surface area contributed by atoms with E-state index in [2.05, 4.69) is 5.32 Å². The Morgan fingerprint density at radius 1 is 1.60 bits per heavy atom. The highest BCUT2D eigenvalue weighted by Crippen LogP contribution is 2.10. The van der Waals surface area contributed by atoms with Crippen LogP contribution in [0.15, 0.2) is 18.2 Å². The first-order chi connectivity index (χ1) is 6.99. The number of carbonyl (C=O) groups is 1. The molecule has 0 saturated heterocycles. The maximum absolute atomic E-state index is 12.9. The van der Waals surface area contributed by atoms with Crippen molar-refractivity contribution in [2.45, 2.75) is 13.0 Å². The van der Waals surface area contributed by atoms with Crippen molar-refractivity contribution >= 4 is 11.6 Å². The lowest BCUT2D eigenvalue weighted by Gasteiger charge is -2.07. The fourth-order valence-electron chi connectivity index (χ4n) is 1.09. The van der Waals surface area contributed by atoms with Crippen molar-refractivity contribution in [3.63, 3.8) is 0 Å². The highest BCUT2D eigenvalue weighted by Gasteiger charge is 2.08. The number of nitrogens with one attached hydrogen (secondary N) is 1. The summed E-state index contributed by atoms with van der Waals surface area (Å²) in [6.45, 7) is 1.66. The van der Waals surface area contributed by atoms with Gasteiger partial charge in [0.05, 0.1) is 6.10 Å². The van der Waals surface area contributed by atoms with E-state index in [1.807, 2.05) is 0 Å². The summed E-state index contributed by atoms with van der Waals surface area (Å²) in [5.74, 6) is -1.01. The maximum atomic E-state index is 12.9. The molecule has 0 saturated carbocycles. The van der Waals surface area contributed by atoms with Crippen LogP contribution in [0.1, 0.15) is 17.3 Å². The smallest absolute Gasteiger partial charge is 0.251 e. The average Bonchev–Trinajstić information content (AvgIpc) is 2.12. The number of amides is 1. The molecule has 0 bridgehead atoms. The van der Waals surface area contributed by atoms with Crippen LogP contribution in [0.3, 0.4) is 0 Å². The number of benzene rings is 1. The molecule has 0 heterocycles. The molecular weight excluding hydrogens is 199 g/mol. The number of aliphatic hydroxyl groups is 1. The summed E-state index contributed by atoms with van der Waals surface area (Å²) in [4.78, 5) is 11.4. The fraction of sp³-hybridized carbons (Fsp3) is 0.300. The van der Waals surface area contributed by atoms with Gasteiger partial charge >= 0.3 is 0 Å². The first-order valence-electron chi connectivity index (χ1n) is 4.51. The molecule has 0 aliphatic heterocycles. The van der Waals surface area contributed by atoms with E-state index >= 15 is 0 Å². The number of halogens is 1. The molecule has 1 unspecified atom stereocenters. The Morgan fingerprint density at radius 2 is 2.27 bits per heavy atom. The van der Waals surface area contributed by atoms with Crippen LogP contribution in [0.2, 0.25) is 0 Å². The van der Waals surface area contributed by atoms with Crippen molar-refractivity contribution in [2.24, 2.45) is 0 Å². The van der Waals surface area contributed by atoms with Crippen LogP contribution in [-0.4, -0.2) is 23.7 Å². The van der Waals surface area contributed by atoms with Crippen molar-refractivity contribution in [1.82, 2.24) is 5.32 Å². The lowest BCUT2D eigenvalue weighted by Crippen LogP contribution is -2.30. The number of hydrogen-bond donors (Lipinski definition) is 3. The van der Waals surface area contributed by atoms with Gasteiger partial charge in [0.2, 0.25) is 0 Å². The van der Waals surface area contributed by atoms with Crippen molar-refractivity contribution in [2.75, 3.05) is 12.3 Å². The van der Waals surface area contributed by atoms with Gasteiger partial charge < -0.3 is 16.2 Å². The number of carbonyl (C=O) groups excluding carboxylic acids is 1. The summed E-state index contributed by atoms with van der Waals surface area (Å²) in [5.41, 5.74) is 5.72. The van der Waals surface area contributed by atoms with Crippen LogP contribution in [0.4, 0.5) is 10.1 Å². The van der Waals surface area contributed by atoms with Crippen molar-refractivity contribution < 1.29 is 14.3 Å². The zero-order chi connectivity index (χ0) is 11.4. The molecule has 4 nitrogen and oxygen atoms in total. The second-order valence-corrected chi connectivity index (χ2v) is 3.33. The first kappa shape index (κ1) is 11.5. The van der Waals surface area contributed by atoms with Gasteiger partial charge in [-0.25, -0.2) is 4.39 Å². The van der Waals surface area contributed by atoms with Gasteiger partial charge in [0.15, 0.2) is 0 Å². The molecule has 0 fully saturated rings. The van der Waals surface area contributed by atoms with Crippen molar-refractivity contribution in [3.05, 3.63) is 29.6 Å². The number of rotatable bonds is 3. The Hall–Kier alpha value is -1.62. The first-order valence-corrected chi connectivity index (χ1v) is 4.51. The molecule has 1 amide bonds. The van der Waals surface area contributed by atoms with E-state index in [-0.39, 0.29) is 17.8 Å². The predicted octanol–water partition coefficient (Wildman–Crippen LogP) is 0.519. The Bertz CT molecular complexity index is 346. The van der Waals surface area contributed by atoms with E-state index in [0.717, 1.165) is 12.1 Å². The van der Waals surface area contributed by atoms with Gasteiger partial charge in [-0.2, -0.15) is 0 Å². The van der Waals surface area contributed by atoms with Crippen LogP contribution >= 0.6 is 0 Å². The minimum atomic E-state index is -0.639. The van der Waals surface area contributed by atoms with Gasteiger partial charge in [0.1, 0.15) is 5.82 Å². The summed E-state index contributed by atoms with van der Waals surface area (Å²) < 4.78 is 12.9. The monoisotopic (exact) mass is 212 g/mol. The van der Waals surface area contributed by atoms with Crippen LogP contribution < -0.4 is 11.1 Å². The molecule has 0 spiro atoms. The number of hydrogen-bond acceptors (Lipinski definition) is 3. The van der Waals surface area contributed by atoms with E-state index in [0.29, 0.717) is 0 Å². The highest BCUT2D eigenvalue weighted by atomic mass is 19.1. The molecule has 5 heteroatoms. The number of nitrogens with two attached hydrogens (primary N) is 1. The largest absolute Gasteiger partial charge is 0.399 e. The van der Waals surface area contributed by atoms with Gasteiger partial charge in [-0.3, -0.25) is 4.79 Å². The normalized spacial score (nSPS) is 12.2. The van der Waals surface area contributed by atoms with Gasteiger partial charge in [-0.05, 0) is 25.1 Å². The summed E-state index contributed by atoms with van der Waals surface area (Å²) in [5, 5.41) is 11.4. The second-order valence-electron chi connectivity index (χ2n) is 3.33. The Morgan fingerprint density at radius 3 is 2.80 bits per heavy atom. The van der Waals surface area contributed by atoms with E-state index in [4.69, 9.17) is 10.8 Å². The SMILES string of the molecule is CC(O)CNC(=O)c1cc(N)cc(F)c1. The number of aliphatic hydroxyl groups excluding tert-OH is 1. The molecule has 4 N–H and O–H groups in total. The van der Waals surface area contributed by atoms with Crippen LogP contribution in [0, 0.1) is 5.82 Å². The molecule has 0 aliphatic carbocycles. The lowest BCUT2D eigenvalue weighted by atomic mass is 10.2. The fourth-order valence-corrected chi connectivity index (χ4v) is 1.09. The van der Waals surface area contributed by atoms with Crippen molar-refractivity contribution in [3.8, 4) is 0 Å². The Balaban J connectivity index is 2.73. The van der Waals surface area contributed by atoms with Gasteiger partial charge in [0, 0.05) is 17.8 Å². The molecule has 1 aromatic carbocycles. The quantitative estimate of drug-likeness (QED) is 0.639. The highest BCUT2D eigenvalue weighted by molar-refractivity contribution is 5.95. The molecular formula is C10H13FN2O2. The van der Waals surface area contributed by atoms with E-state index < -0.39 is 17.8 Å².